The lowest BCUT2D eigenvalue weighted by Gasteiger charge is -2.23. The Morgan fingerprint density at radius 1 is 1.62 bits per heavy atom. The quantitative estimate of drug-likeness (QED) is 0.472. The second kappa shape index (κ2) is 2.46. The standard InChI is InChI=1S/C6H12NO/c1-5-4-7-3-2-6(5)8/h5-6,8H,2-4H2,1H3. The molecule has 1 radical (unpaired) electrons. The first-order chi connectivity index (χ1) is 3.80. The molecule has 0 aromatic rings. The highest BCUT2D eigenvalue weighted by atomic mass is 16.3. The third kappa shape index (κ3) is 1.20. The molecule has 2 nitrogen and oxygen atoms in total. The maximum atomic E-state index is 9.12. The summed E-state index contributed by atoms with van der Waals surface area (Å²) in [5.41, 5.74) is 0. The van der Waals surface area contributed by atoms with Crippen LogP contribution in [0.5, 0.6) is 0 Å². The fourth-order valence-corrected chi connectivity index (χ4v) is 0.925. The van der Waals surface area contributed by atoms with Crippen molar-refractivity contribution < 1.29 is 5.11 Å². The topological polar surface area (TPSA) is 34.3 Å². The van der Waals surface area contributed by atoms with Crippen LogP contribution >= 0.6 is 0 Å². The van der Waals surface area contributed by atoms with Crippen molar-refractivity contribution in [3.05, 3.63) is 0 Å². The fraction of sp³-hybridized carbons (Fsp3) is 1.00. The van der Waals surface area contributed by atoms with Crippen LogP contribution in [0.1, 0.15) is 13.3 Å². The van der Waals surface area contributed by atoms with Gasteiger partial charge in [-0.25, -0.2) is 5.32 Å². The van der Waals surface area contributed by atoms with Crippen molar-refractivity contribution in [2.75, 3.05) is 13.1 Å². The summed E-state index contributed by atoms with van der Waals surface area (Å²) in [5.74, 6) is 0.392. The molecule has 8 heavy (non-hydrogen) atoms. The zero-order valence-electron chi connectivity index (χ0n) is 5.17. The predicted octanol–water partition coefficient (Wildman–Crippen LogP) is -0.00850. The average Bonchev–Trinajstić information content (AvgIpc) is 1.77. The molecule has 0 aromatic carbocycles. The lowest BCUT2D eigenvalue weighted by atomic mass is 9.99. The van der Waals surface area contributed by atoms with E-state index in [0.717, 1.165) is 19.5 Å². The molecule has 2 heteroatoms. The van der Waals surface area contributed by atoms with Gasteiger partial charge in [0, 0.05) is 13.1 Å². The molecule has 2 unspecified atom stereocenters. The average molecular weight is 114 g/mol. The Morgan fingerprint density at radius 2 is 2.38 bits per heavy atom. The molecule has 2 atom stereocenters. The van der Waals surface area contributed by atoms with Gasteiger partial charge >= 0.3 is 0 Å². The number of rotatable bonds is 0. The molecular formula is C6H12NO. The molecule has 1 rings (SSSR count). The number of nitrogens with zero attached hydrogens (tertiary/aromatic N) is 1. The Morgan fingerprint density at radius 3 is 2.75 bits per heavy atom. The van der Waals surface area contributed by atoms with Crippen LogP contribution in [0.25, 0.3) is 0 Å². The first-order valence-corrected chi connectivity index (χ1v) is 3.12. The van der Waals surface area contributed by atoms with E-state index in [9.17, 15) is 0 Å². The van der Waals surface area contributed by atoms with Crippen molar-refractivity contribution in [2.24, 2.45) is 5.92 Å². The highest BCUT2D eigenvalue weighted by molar-refractivity contribution is 4.72. The zero-order valence-corrected chi connectivity index (χ0v) is 5.17. The van der Waals surface area contributed by atoms with E-state index in [1.807, 2.05) is 6.92 Å². The molecule has 0 amide bonds. The van der Waals surface area contributed by atoms with Crippen LogP contribution in [0.3, 0.4) is 0 Å². The van der Waals surface area contributed by atoms with Gasteiger partial charge in [0.05, 0.1) is 6.10 Å². The van der Waals surface area contributed by atoms with Crippen LogP contribution < -0.4 is 5.32 Å². The van der Waals surface area contributed by atoms with Gasteiger partial charge in [0.25, 0.3) is 0 Å². The van der Waals surface area contributed by atoms with Crippen LogP contribution in [-0.2, 0) is 0 Å². The highest BCUT2D eigenvalue weighted by Crippen LogP contribution is 2.09. The SMILES string of the molecule is CC1C[N]CCC1O. The lowest BCUT2D eigenvalue weighted by molar-refractivity contribution is 0.0870. The van der Waals surface area contributed by atoms with E-state index < -0.39 is 0 Å². The van der Waals surface area contributed by atoms with Crippen LogP contribution in [0.2, 0.25) is 0 Å². The Balaban J connectivity index is 2.28. The van der Waals surface area contributed by atoms with Crippen molar-refractivity contribution in [1.29, 1.82) is 0 Å². The molecule has 1 aliphatic rings. The summed E-state index contributed by atoms with van der Waals surface area (Å²) in [7, 11) is 0. The molecule has 0 aliphatic carbocycles. The molecular weight excluding hydrogens is 102 g/mol. The van der Waals surface area contributed by atoms with Gasteiger partial charge in [-0.3, -0.25) is 0 Å². The number of piperidine rings is 1. The zero-order chi connectivity index (χ0) is 5.98. The number of hydrogen-bond acceptors (Lipinski definition) is 1. The molecule has 0 aromatic heterocycles. The van der Waals surface area contributed by atoms with Crippen LogP contribution in [-0.4, -0.2) is 24.3 Å². The molecule has 1 aliphatic heterocycles. The van der Waals surface area contributed by atoms with E-state index in [0.29, 0.717) is 5.92 Å². The van der Waals surface area contributed by atoms with E-state index in [1.54, 1.807) is 0 Å². The van der Waals surface area contributed by atoms with E-state index in [2.05, 4.69) is 5.32 Å². The Kier molecular flexibility index (Phi) is 1.86. The summed E-state index contributed by atoms with van der Waals surface area (Å²) in [5, 5.41) is 13.3. The minimum Gasteiger partial charge on any atom is -0.393 e. The van der Waals surface area contributed by atoms with Gasteiger partial charge in [-0.05, 0) is 12.3 Å². The molecule has 1 N–H and O–H groups in total. The van der Waals surface area contributed by atoms with Crippen LogP contribution in [0.4, 0.5) is 0 Å². The van der Waals surface area contributed by atoms with Gasteiger partial charge in [0.1, 0.15) is 0 Å². The summed E-state index contributed by atoms with van der Waals surface area (Å²) in [4.78, 5) is 0. The van der Waals surface area contributed by atoms with Gasteiger partial charge in [-0.15, -0.1) is 0 Å². The number of hydrogen-bond donors (Lipinski definition) is 1. The third-order valence-corrected chi connectivity index (χ3v) is 1.66. The van der Waals surface area contributed by atoms with Gasteiger partial charge in [0.15, 0.2) is 0 Å². The molecule has 0 spiro atoms. The molecule has 1 fully saturated rings. The van der Waals surface area contributed by atoms with Crippen LogP contribution in [0, 0.1) is 5.92 Å². The molecule has 47 valence electrons. The predicted molar refractivity (Wildman–Crippen MR) is 31.7 cm³/mol. The first-order valence-electron chi connectivity index (χ1n) is 3.12. The monoisotopic (exact) mass is 114 g/mol. The van der Waals surface area contributed by atoms with Crippen molar-refractivity contribution in [3.63, 3.8) is 0 Å². The van der Waals surface area contributed by atoms with Gasteiger partial charge in [-0.2, -0.15) is 0 Å². The molecule has 1 saturated heterocycles. The summed E-state index contributed by atoms with van der Waals surface area (Å²) in [6.45, 7) is 3.74. The van der Waals surface area contributed by atoms with Crippen molar-refractivity contribution in [2.45, 2.75) is 19.4 Å². The second-order valence-corrected chi connectivity index (χ2v) is 2.46. The van der Waals surface area contributed by atoms with E-state index >= 15 is 0 Å². The normalized spacial score (nSPS) is 39.8. The minimum atomic E-state index is -0.0903. The fourth-order valence-electron chi connectivity index (χ4n) is 0.925. The molecule has 0 saturated carbocycles. The maximum absolute atomic E-state index is 9.12. The maximum Gasteiger partial charge on any atom is 0.0591 e. The van der Waals surface area contributed by atoms with Gasteiger partial charge in [-0.1, -0.05) is 6.92 Å². The van der Waals surface area contributed by atoms with E-state index in [1.165, 1.54) is 0 Å². The van der Waals surface area contributed by atoms with E-state index in [-0.39, 0.29) is 6.10 Å². The van der Waals surface area contributed by atoms with Crippen molar-refractivity contribution in [1.82, 2.24) is 5.32 Å². The smallest absolute Gasteiger partial charge is 0.0591 e. The summed E-state index contributed by atoms with van der Waals surface area (Å²) >= 11 is 0. The summed E-state index contributed by atoms with van der Waals surface area (Å²) in [6, 6.07) is 0. The highest BCUT2D eigenvalue weighted by Gasteiger charge is 2.17. The minimum absolute atomic E-state index is 0.0903. The van der Waals surface area contributed by atoms with Crippen molar-refractivity contribution >= 4 is 0 Å². The lowest BCUT2D eigenvalue weighted by Crippen LogP contribution is -2.34. The third-order valence-electron chi connectivity index (χ3n) is 1.66. The number of aliphatic hydroxyl groups is 1. The number of aliphatic hydroxyl groups excluding tert-OH is 1. The summed E-state index contributed by atoms with van der Waals surface area (Å²) in [6.07, 6.45) is 0.772. The van der Waals surface area contributed by atoms with E-state index in [4.69, 9.17) is 5.11 Å². The Hall–Kier alpha value is -0.0800. The summed E-state index contributed by atoms with van der Waals surface area (Å²) < 4.78 is 0. The Bertz CT molecular complexity index is 64.9. The van der Waals surface area contributed by atoms with Crippen molar-refractivity contribution in [3.8, 4) is 0 Å². The molecule has 1 heterocycles. The largest absolute Gasteiger partial charge is 0.393 e. The van der Waals surface area contributed by atoms with Gasteiger partial charge < -0.3 is 5.11 Å². The molecule has 0 bridgehead atoms. The van der Waals surface area contributed by atoms with Gasteiger partial charge in [0.2, 0.25) is 0 Å². The van der Waals surface area contributed by atoms with Crippen LogP contribution in [0.15, 0.2) is 0 Å². The first kappa shape index (κ1) is 6.05. The second-order valence-electron chi connectivity index (χ2n) is 2.46. The Labute approximate surface area is 49.9 Å².